The maximum Gasteiger partial charge on any atom is 0.269 e. The van der Waals surface area contributed by atoms with Gasteiger partial charge in [-0.05, 0) is 29.8 Å². The fourth-order valence-electron chi connectivity index (χ4n) is 4.58. The van der Waals surface area contributed by atoms with Crippen LogP contribution >= 0.6 is 11.8 Å². The van der Waals surface area contributed by atoms with Crippen LogP contribution in [0.5, 0.6) is 0 Å². The molecular weight excluding hydrogens is 502 g/mol. The second kappa shape index (κ2) is 11.5. The van der Waals surface area contributed by atoms with Crippen molar-refractivity contribution in [1.29, 1.82) is 0 Å². The smallest absolute Gasteiger partial charge is 0.269 e. The number of piperazine rings is 1. The number of hydrogen-bond donors (Lipinski definition) is 0. The number of rotatable bonds is 8. The van der Waals surface area contributed by atoms with Crippen molar-refractivity contribution in [3.8, 4) is 0 Å². The molecule has 0 bridgehead atoms. The molecule has 0 aliphatic carbocycles. The molecule has 1 amide bonds. The van der Waals surface area contributed by atoms with Gasteiger partial charge < -0.3 is 9.80 Å². The number of nitrogens with zero attached hydrogens (tertiary/aromatic N) is 5. The van der Waals surface area contributed by atoms with E-state index >= 15 is 0 Å². The van der Waals surface area contributed by atoms with Crippen molar-refractivity contribution in [2.24, 2.45) is 0 Å². The fraction of sp³-hybridized carbons (Fsp3) is 0.250. The van der Waals surface area contributed by atoms with Crippen LogP contribution in [0.25, 0.3) is 10.9 Å². The first-order valence-corrected chi connectivity index (χ1v) is 13.4. The van der Waals surface area contributed by atoms with Crippen LogP contribution in [0.15, 0.2) is 88.8 Å². The molecule has 10 heteroatoms. The van der Waals surface area contributed by atoms with Crippen LogP contribution in [0.3, 0.4) is 0 Å². The van der Waals surface area contributed by atoms with Gasteiger partial charge in [0.25, 0.3) is 11.2 Å². The molecule has 0 atom stereocenters. The Morgan fingerprint density at radius 3 is 2.45 bits per heavy atom. The zero-order valence-corrected chi connectivity index (χ0v) is 21.5. The Morgan fingerprint density at radius 2 is 1.68 bits per heavy atom. The van der Waals surface area contributed by atoms with E-state index < -0.39 is 4.92 Å². The zero-order chi connectivity index (χ0) is 26.5. The lowest BCUT2D eigenvalue weighted by atomic mass is 10.2. The molecular formula is C28H27N5O4S. The monoisotopic (exact) mass is 529 g/mol. The Balaban J connectivity index is 1.30. The average Bonchev–Trinajstić information content (AvgIpc) is 2.96. The highest BCUT2D eigenvalue weighted by atomic mass is 32.2. The lowest BCUT2D eigenvalue weighted by molar-refractivity contribution is -0.384. The highest BCUT2D eigenvalue weighted by Crippen LogP contribution is 2.25. The number of anilines is 1. The standard InChI is InChI=1S/C28H27N5O4S/c34-26(31-17-15-30(16-18-31)22-8-2-1-3-9-22)13-14-32-27(35)24-11-4-5-12-25(24)29-28(32)38-20-21-7-6-10-23(19-21)33(36)37/h1-12,19H,13-18,20H2. The second-order valence-corrected chi connectivity index (χ2v) is 9.98. The van der Waals surface area contributed by atoms with Crippen LogP contribution in [-0.4, -0.2) is 51.5 Å². The number of benzene rings is 3. The number of para-hydroxylation sites is 2. The normalized spacial score (nSPS) is 13.6. The van der Waals surface area contributed by atoms with Crippen LogP contribution in [0.1, 0.15) is 12.0 Å². The van der Waals surface area contributed by atoms with Crippen LogP contribution in [0.4, 0.5) is 11.4 Å². The lowest BCUT2D eigenvalue weighted by Gasteiger charge is -2.36. The summed E-state index contributed by atoms with van der Waals surface area (Å²) in [6.07, 6.45) is 0.190. The second-order valence-electron chi connectivity index (χ2n) is 9.04. The summed E-state index contributed by atoms with van der Waals surface area (Å²) in [7, 11) is 0. The van der Waals surface area contributed by atoms with Gasteiger partial charge in [0.2, 0.25) is 5.91 Å². The number of nitro groups is 1. The Labute approximate surface area is 223 Å². The maximum absolute atomic E-state index is 13.4. The Kier molecular flexibility index (Phi) is 7.69. The van der Waals surface area contributed by atoms with Crippen molar-refractivity contribution in [3.63, 3.8) is 0 Å². The molecule has 38 heavy (non-hydrogen) atoms. The van der Waals surface area contributed by atoms with Gasteiger partial charge in [-0.3, -0.25) is 24.3 Å². The molecule has 4 aromatic rings. The Bertz CT molecular complexity index is 1520. The van der Waals surface area contributed by atoms with Crippen LogP contribution in [0, 0.1) is 10.1 Å². The molecule has 1 saturated heterocycles. The number of non-ortho nitro benzene ring substituents is 1. The summed E-state index contributed by atoms with van der Waals surface area (Å²) in [4.78, 5) is 46.0. The molecule has 1 aromatic heterocycles. The molecule has 0 radical (unpaired) electrons. The third kappa shape index (κ3) is 5.70. The van der Waals surface area contributed by atoms with Crippen LogP contribution in [-0.2, 0) is 17.1 Å². The third-order valence-electron chi connectivity index (χ3n) is 6.62. The predicted octanol–water partition coefficient (Wildman–Crippen LogP) is 4.34. The first kappa shape index (κ1) is 25.5. The lowest BCUT2D eigenvalue weighted by Crippen LogP contribution is -2.49. The number of hydrogen-bond acceptors (Lipinski definition) is 7. The summed E-state index contributed by atoms with van der Waals surface area (Å²) < 4.78 is 1.56. The van der Waals surface area contributed by atoms with Gasteiger partial charge in [0.1, 0.15) is 0 Å². The summed E-state index contributed by atoms with van der Waals surface area (Å²) >= 11 is 1.33. The molecule has 5 rings (SSSR count). The fourth-order valence-corrected chi connectivity index (χ4v) is 5.55. The maximum atomic E-state index is 13.4. The summed E-state index contributed by atoms with van der Waals surface area (Å²) in [5.41, 5.74) is 2.31. The van der Waals surface area contributed by atoms with E-state index in [1.54, 1.807) is 28.8 Å². The van der Waals surface area contributed by atoms with Gasteiger partial charge in [-0.2, -0.15) is 0 Å². The summed E-state index contributed by atoms with van der Waals surface area (Å²) in [6.45, 7) is 3.00. The van der Waals surface area contributed by atoms with Gasteiger partial charge in [-0.15, -0.1) is 0 Å². The van der Waals surface area contributed by atoms with E-state index in [0.29, 0.717) is 34.9 Å². The third-order valence-corrected chi connectivity index (χ3v) is 7.67. The Morgan fingerprint density at radius 1 is 0.947 bits per heavy atom. The van der Waals surface area contributed by atoms with Gasteiger partial charge in [-0.1, -0.05) is 54.2 Å². The summed E-state index contributed by atoms with van der Waals surface area (Å²) in [5.74, 6) is 0.411. The van der Waals surface area contributed by atoms with Crippen molar-refractivity contribution >= 4 is 39.9 Å². The van der Waals surface area contributed by atoms with E-state index in [1.807, 2.05) is 35.2 Å². The first-order valence-electron chi connectivity index (χ1n) is 12.4. The minimum atomic E-state index is -0.427. The van der Waals surface area contributed by atoms with Crippen LogP contribution in [0.2, 0.25) is 0 Å². The molecule has 9 nitrogen and oxygen atoms in total. The van der Waals surface area contributed by atoms with E-state index in [-0.39, 0.29) is 30.1 Å². The number of carbonyl (C=O) groups is 1. The summed E-state index contributed by atoms with van der Waals surface area (Å²) in [5, 5.41) is 12.1. The highest BCUT2D eigenvalue weighted by Gasteiger charge is 2.22. The number of amides is 1. The minimum absolute atomic E-state index is 0.00686. The number of carbonyl (C=O) groups excluding carboxylic acids is 1. The predicted molar refractivity (Wildman–Crippen MR) is 149 cm³/mol. The number of fused-ring (bicyclic) bond motifs is 1. The molecule has 0 unspecified atom stereocenters. The SMILES string of the molecule is O=C(CCn1c(SCc2cccc([N+](=O)[O-])c2)nc2ccccc2c1=O)N1CCN(c2ccccc2)CC1. The molecule has 2 heterocycles. The molecule has 3 aromatic carbocycles. The molecule has 0 spiro atoms. The van der Waals surface area contributed by atoms with Gasteiger partial charge in [0.15, 0.2) is 5.16 Å². The highest BCUT2D eigenvalue weighted by molar-refractivity contribution is 7.98. The van der Waals surface area contributed by atoms with Gasteiger partial charge in [0, 0.05) is 62.7 Å². The van der Waals surface area contributed by atoms with Crippen molar-refractivity contribution in [2.45, 2.75) is 23.9 Å². The summed E-state index contributed by atoms with van der Waals surface area (Å²) in [6, 6.07) is 23.7. The first-order chi connectivity index (χ1) is 18.5. The topological polar surface area (TPSA) is 102 Å². The van der Waals surface area contributed by atoms with Gasteiger partial charge >= 0.3 is 0 Å². The number of nitro benzene ring substituents is 1. The largest absolute Gasteiger partial charge is 0.368 e. The molecule has 1 aliphatic rings. The van der Waals surface area contributed by atoms with Gasteiger partial charge in [-0.25, -0.2) is 4.98 Å². The van der Waals surface area contributed by atoms with Crippen molar-refractivity contribution in [1.82, 2.24) is 14.5 Å². The van der Waals surface area contributed by atoms with Crippen molar-refractivity contribution in [2.75, 3.05) is 31.1 Å². The van der Waals surface area contributed by atoms with E-state index in [0.717, 1.165) is 24.3 Å². The van der Waals surface area contributed by atoms with Crippen molar-refractivity contribution in [3.05, 3.63) is 105 Å². The number of aromatic nitrogens is 2. The molecule has 1 fully saturated rings. The van der Waals surface area contributed by atoms with Crippen LogP contribution < -0.4 is 10.5 Å². The van der Waals surface area contributed by atoms with E-state index in [9.17, 15) is 19.7 Å². The zero-order valence-electron chi connectivity index (χ0n) is 20.7. The van der Waals surface area contributed by atoms with E-state index in [4.69, 9.17) is 4.98 Å². The van der Waals surface area contributed by atoms with E-state index in [2.05, 4.69) is 17.0 Å². The number of thioether (sulfide) groups is 1. The molecule has 0 N–H and O–H groups in total. The van der Waals surface area contributed by atoms with Crippen molar-refractivity contribution < 1.29 is 9.72 Å². The quantitative estimate of drug-likeness (QED) is 0.145. The Hall–Kier alpha value is -4.18. The molecule has 194 valence electrons. The molecule has 0 saturated carbocycles. The van der Waals surface area contributed by atoms with E-state index in [1.165, 1.54) is 23.9 Å². The minimum Gasteiger partial charge on any atom is -0.368 e. The van der Waals surface area contributed by atoms with Gasteiger partial charge in [0.05, 0.1) is 15.8 Å². The molecule has 1 aliphatic heterocycles. The average molecular weight is 530 g/mol.